The van der Waals surface area contributed by atoms with Crippen molar-refractivity contribution in [3.8, 4) is 0 Å². The van der Waals surface area contributed by atoms with Crippen LogP contribution in [0.25, 0.3) is 0 Å². The van der Waals surface area contributed by atoms with Crippen LogP contribution in [0.15, 0.2) is 39.6 Å². The van der Waals surface area contributed by atoms with E-state index in [4.69, 9.17) is 0 Å². The number of non-ortho nitro benzene ring substituents is 1. The Balaban J connectivity index is 2.16. The molecule has 8 nitrogen and oxygen atoms in total. The average molecular weight is 338 g/mol. The van der Waals surface area contributed by atoms with Gasteiger partial charge in [0.1, 0.15) is 10.5 Å². The molecule has 1 N–H and O–H groups in total. The Bertz CT molecular complexity index is 641. The van der Waals surface area contributed by atoms with Crippen LogP contribution in [0.4, 0.5) is 5.69 Å². The number of carbonyl (C=O) groups excluding carboxylic acids is 1. The third-order valence-corrected chi connectivity index (χ3v) is 3.21. The van der Waals surface area contributed by atoms with E-state index in [0.29, 0.717) is 11.3 Å². The number of nitrogens with zero attached hydrogens (tertiary/aromatic N) is 4. The minimum absolute atomic E-state index is 0.0291. The van der Waals surface area contributed by atoms with Crippen LogP contribution < -0.4 is 5.43 Å². The summed E-state index contributed by atoms with van der Waals surface area (Å²) in [7, 11) is 0. The van der Waals surface area contributed by atoms with Crippen LogP contribution in [0.1, 0.15) is 5.56 Å². The number of amides is 1. The van der Waals surface area contributed by atoms with Gasteiger partial charge in [0.2, 0.25) is 0 Å². The molecule has 102 valence electrons. The first kappa shape index (κ1) is 14.0. The van der Waals surface area contributed by atoms with Gasteiger partial charge in [-0.3, -0.25) is 14.9 Å². The van der Waals surface area contributed by atoms with E-state index < -0.39 is 9.75 Å². The molecule has 0 aliphatic carbocycles. The largest absolute Gasteiger partial charge is 0.271 e. The van der Waals surface area contributed by atoms with E-state index in [9.17, 15) is 14.9 Å². The van der Waals surface area contributed by atoms with Gasteiger partial charge in [-0.05, 0) is 0 Å². The van der Waals surface area contributed by atoms with Gasteiger partial charge in [-0.2, -0.15) is 15.3 Å². The summed E-state index contributed by atoms with van der Waals surface area (Å²) in [5.74, 6) is -0.336. The van der Waals surface area contributed by atoms with Crippen molar-refractivity contribution in [1.82, 2.24) is 5.43 Å². The zero-order chi connectivity index (χ0) is 14.5. The molecule has 1 aromatic rings. The van der Waals surface area contributed by atoms with Crippen LogP contribution in [0.3, 0.4) is 0 Å². The first-order valence-corrected chi connectivity index (χ1v) is 6.32. The van der Waals surface area contributed by atoms with Crippen LogP contribution in [0.2, 0.25) is 0 Å². The van der Waals surface area contributed by atoms with Gasteiger partial charge in [-0.25, -0.2) is 5.43 Å². The van der Waals surface area contributed by atoms with Crippen molar-refractivity contribution >= 4 is 45.7 Å². The van der Waals surface area contributed by atoms with E-state index in [1.165, 1.54) is 24.6 Å². The second-order valence-corrected chi connectivity index (χ2v) is 4.63. The van der Waals surface area contributed by atoms with Gasteiger partial charge in [0.25, 0.3) is 11.6 Å². The maximum Gasteiger partial charge on any atom is 0.270 e. The topological polar surface area (TPSA) is 109 Å². The van der Waals surface area contributed by atoms with Crippen molar-refractivity contribution < 1.29 is 9.72 Å². The molecular formula is C11H8BrN5O3. The second kappa shape index (κ2) is 6.15. The number of nitro benzene ring substituents is 1. The van der Waals surface area contributed by atoms with Crippen LogP contribution in [0, 0.1) is 10.1 Å². The quantitative estimate of drug-likeness (QED) is 0.388. The molecule has 0 fully saturated rings. The molecule has 9 heteroatoms. The minimum atomic E-state index is -0.623. The van der Waals surface area contributed by atoms with Crippen LogP contribution in [-0.4, -0.2) is 33.8 Å². The summed E-state index contributed by atoms with van der Waals surface area (Å²) in [6.07, 6.45) is 2.73. The lowest BCUT2D eigenvalue weighted by Crippen LogP contribution is -2.38. The summed E-state index contributed by atoms with van der Waals surface area (Å²) in [5.41, 5.74) is 3.11. The van der Waals surface area contributed by atoms with Gasteiger partial charge in [-0.1, -0.05) is 28.1 Å². The van der Waals surface area contributed by atoms with Gasteiger partial charge in [0.05, 0.1) is 17.4 Å². The Morgan fingerprint density at radius 2 is 2.30 bits per heavy atom. The van der Waals surface area contributed by atoms with E-state index in [1.54, 1.807) is 12.1 Å². The van der Waals surface area contributed by atoms with E-state index in [1.807, 2.05) is 0 Å². The summed E-state index contributed by atoms with van der Waals surface area (Å²) in [5, 5.41) is 21.9. The van der Waals surface area contributed by atoms with Crippen molar-refractivity contribution in [2.45, 2.75) is 4.83 Å². The average Bonchev–Trinajstić information content (AvgIpc) is 2.44. The molecule has 1 atom stereocenters. The smallest absolute Gasteiger partial charge is 0.270 e. The number of hydrogen-bond donors (Lipinski definition) is 1. The molecule has 0 saturated carbocycles. The third-order valence-electron chi connectivity index (χ3n) is 2.32. The van der Waals surface area contributed by atoms with Crippen LogP contribution in [0.5, 0.6) is 0 Å². The predicted octanol–water partition coefficient (Wildman–Crippen LogP) is 1.25. The maximum absolute atomic E-state index is 11.3. The molecule has 2 rings (SSSR count). The van der Waals surface area contributed by atoms with E-state index in [-0.39, 0.29) is 11.6 Å². The monoisotopic (exact) mass is 337 g/mol. The molecule has 0 aromatic heterocycles. The Labute approximate surface area is 121 Å². The lowest BCUT2D eigenvalue weighted by molar-refractivity contribution is -0.384. The highest BCUT2D eigenvalue weighted by Gasteiger charge is 2.23. The van der Waals surface area contributed by atoms with E-state index >= 15 is 0 Å². The maximum atomic E-state index is 11.3. The summed E-state index contributed by atoms with van der Waals surface area (Å²) in [6.45, 7) is 0. The van der Waals surface area contributed by atoms with Gasteiger partial charge in [-0.15, -0.1) is 0 Å². The molecule has 0 saturated heterocycles. The number of carbonyl (C=O) groups is 1. The van der Waals surface area contributed by atoms with Crippen molar-refractivity contribution in [3.63, 3.8) is 0 Å². The first-order valence-electron chi connectivity index (χ1n) is 5.40. The Morgan fingerprint density at radius 1 is 1.50 bits per heavy atom. The number of nitrogens with one attached hydrogen (secondary N) is 1. The predicted molar refractivity (Wildman–Crippen MR) is 77.5 cm³/mol. The van der Waals surface area contributed by atoms with Gasteiger partial charge < -0.3 is 0 Å². The molecule has 1 unspecified atom stereocenters. The standard InChI is InChI=1S/C11H8BrN5O3/c12-10-9(6-14-16-11(10)18)15-13-5-7-2-1-3-8(4-7)17(19)20/h1-6,10H,(H,16,18)/b13-5-,15-9-. The molecule has 0 bridgehead atoms. The Kier molecular flexibility index (Phi) is 4.31. The molecule has 0 spiro atoms. The number of hydrogen-bond acceptors (Lipinski definition) is 6. The highest BCUT2D eigenvalue weighted by atomic mass is 79.9. The summed E-state index contributed by atoms with van der Waals surface area (Å²) in [6, 6.07) is 5.96. The molecule has 20 heavy (non-hydrogen) atoms. The fraction of sp³-hybridized carbons (Fsp3) is 0.0909. The molecule has 1 amide bonds. The molecule has 1 aliphatic rings. The number of benzene rings is 1. The van der Waals surface area contributed by atoms with E-state index in [2.05, 4.69) is 36.7 Å². The summed E-state index contributed by atoms with van der Waals surface area (Å²) >= 11 is 3.14. The SMILES string of the molecule is O=C1NN=C/C(=N/N=C\c2cccc([N+](=O)[O-])c2)C1Br. The molecule has 1 aliphatic heterocycles. The summed E-state index contributed by atoms with van der Waals surface area (Å²) < 4.78 is 0. The molecular weight excluding hydrogens is 330 g/mol. The zero-order valence-corrected chi connectivity index (χ0v) is 11.5. The second-order valence-electron chi connectivity index (χ2n) is 3.72. The fourth-order valence-electron chi connectivity index (χ4n) is 1.38. The number of rotatable bonds is 3. The highest BCUT2D eigenvalue weighted by molar-refractivity contribution is 9.10. The number of nitro groups is 1. The molecule has 1 aromatic carbocycles. The Hall–Kier alpha value is -2.42. The lowest BCUT2D eigenvalue weighted by atomic mass is 10.2. The normalized spacial score (nSPS) is 20.4. The van der Waals surface area contributed by atoms with Gasteiger partial charge >= 0.3 is 0 Å². The molecule has 0 radical (unpaired) electrons. The van der Waals surface area contributed by atoms with Crippen LogP contribution >= 0.6 is 15.9 Å². The Morgan fingerprint density at radius 3 is 3.05 bits per heavy atom. The number of alkyl halides is 1. The molecule has 1 heterocycles. The third kappa shape index (κ3) is 3.32. The minimum Gasteiger partial charge on any atom is -0.271 e. The van der Waals surface area contributed by atoms with E-state index in [0.717, 1.165) is 0 Å². The van der Waals surface area contributed by atoms with Crippen molar-refractivity contribution in [1.29, 1.82) is 0 Å². The lowest BCUT2D eigenvalue weighted by Gasteiger charge is -2.10. The fourth-order valence-corrected chi connectivity index (χ4v) is 1.69. The summed E-state index contributed by atoms with van der Waals surface area (Å²) in [4.78, 5) is 20.8. The number of halogens is 1. The number of hydrazone groups is 1. The van der Waals surface area contributed by atoms with Gasteiger partial charge in [0.15, 0.2) is 0 Å². The highest BCUT2D eigenvalue weighted by Crippen LogP contribution is 2.11. The van der Waals surface area contributed by atoms with Gasteiger partial charge in [0, 0.05) is 17.7 Å². The van der Waals surface area contributed by atoms with Crippen molar-refractivity contribution in [3.05, 3.63) is 39.9 Å². The van der Waals surface area contributed by atoms with Crippen molar-refractivity contribution in [2.24, 2.45) is 15.3 Å². The van der Waals surface area contributed by atoms with Crippen LogP contribution in [-0.2, 0) is 4.79 Å². The zero-order valence-electron chi connectivity index (χ0n) is 9.93. The first-order chi connectivity index (χ1) is 9.58. The van der Waals surface area contributed by atoms with Crippen molar-refractivity contribution in [2.75, 3.05) is 0 Å².